The van der Waals surface area contributed by atoms with E-state index in [1.54, 1.807) is 0 Å². The second-order valence-corrected chi connectivity index (χ2v) is 27.1. The van der Waals surface area contributed by atoms with Gasteiger partial charge in [0, 0.05) is 36.4 Å². The smallest absolute Gasteiger partial charge is 0.259 e. The summed E-state index contributed by atoms with van der Waals surface area (Å²) in [6.07, 6.45) is 7.80. The van der Waals surface area contributed by atoms with Crippen LogP contribution in [0.4, 0.5) is 0 Å². The van der Waals surface area contributed by atoms with Gasteiger partial charge in [0.15, 0.2) is 0 Å². The normalized spacial score (nSPS) is 16.7. The van der Waals surface area contributed by atoms with Gasteiger partial charge in [-0.1, -0.05) is 122 Å². The maximum absolute atomic E-state index is 14.0. The first kappa shape index (κ1) is 39.6. The lowest BCUT2D eigenvalue weighted by molar-refractivity contribution is 0.0847. The summed E-state index contributed by atoms with van der Waals surface area (Å²) in [5.41, 5.74) is 15.6. The molecule has 0 fully saturated rings. The fourth-order valence-corrected chi connectivity index (χ4v) is 19.3. The van der Waals surface area contributed by atoms with E-state index in [1.807, 2.05) is 28.0 Å². The summed E-state index contributed by atoms with van der Waals surface area (Å²) in [4.78, 5) is 31.8. The van der Waals surface area contributed by atoms with Crippen LogP contribution in [0, 0.1) is 22.9 Å². The van der Waals surface area contributed by atoms with Gasteiger partial charge in [-0.05, 0) is 58.2 Å². The van der Waals surface area contributed by atoms with Crippen molar-refractivity contribution < 1.29 is 9.59 Å². The summed E-state index contributed by atoms with van der Waals surface area (Å²) in [5, 5.41) is 0. The van der Waals surface area contributed by atoms with Gasteiger partial charge in [-0.15, -0.1) is 11.1 Å². The monoisotopic (exact) mass is 684 g/mol. The van der Waals surface area contributed by atoms with E-state index >= 15 is 0 Å². The zero-order chi connectivity index (χ0) is 36.1. The van der Waals surface area contributed by atoms with E-state index in [0.717, 1.165) is 48.2 Å². The molecule has 6 heteroatoms. The summed E-state index contributed by atoms with van der Waals surface area (Å²) >= 11 is 0. The topological polar surface area (TPSA) is 40.6 Å². The van der Waals surface area contributed by atoms with E-state index in [1.165, 1.54) is 0 Å². The predicted molar refractivity (Wildman–Crippen MR) is 212 cm³/mol. The number of carbonyl (C=O) groups is 2. The Hall–Kier alpha value is -2.81. The second kappa shape index (κ2) is 16.3. The van der Waals surface area contributed by atoms with Crippen LogP contribution in [0.5, 0.6) is 0 Å². The van der Waals surface area contributed by atoms with Crippen LogP contribution in [-0.2, 0) is 0 Å². The number of hydrogen-bond donors (Lipinski definition) is 0. The van der Waals surface area contributed by atoms with Crippen LogP contribution in [0.1, 0.15) is 154 Å². The van der Waals surface area contributed by atoms with Crippen molar-refractivity contribution in [1.82, 2.24) is 9.80 Å². The first-order chi connectivity index (χ1) is 22.5. The number of allylic oxidation sites excluding steroid dienone is 2. The Labute approximate surface area is 296 Å². The Morgan fingerprint density at radius 1 is 0.542 bits per heavy atom. The maximum atomic E-state index is 14.0. The van der Waals surface area contributed by atoms with E-state index in [0.29, 0.717) is 57.5 Å². The molecule has 2 aliphatic heterocycles. The van der Waals surface area contributed by atoms with E-state index < -0.39 is 16.1 Å². The van der Waals surface area contributed by atoms with Gasteiger partial charge in [-0.25, -0.2) is 0 Å². The van der Waals surface area contributed by atoms with Crippen molar-refractivity contribution in [1.29, 1.82) is 0 Å². The fourth-order valence-electron chi connectivity index (χ4n) is 8.89. The van der Waals surface area contributed by atoms with Gasteiger partial charge >= 0.3 is 0 Å². The van der Waals surface area contributed by atoms with Crippen LogP contribution in [0.25, 0.3) is 11.4 Å². The number of rotatable bonds is 12. The first-order valence-electron chi connectivity index (χ1n) is 18.8. The molecule has 0 bridgehead atoms. The largest absolute Gasteiger partial charge is 0.307 e. The average Bonchev–Trinajstić information content (AvgIpc) is 3.41. The SMILES string of the molecule is CCCCN1C(=O)c2cc3c(cc2/C1=C/C#C[Si](C(C)C)(C(C)C)C(C)C)/C(=C/C#C[Si](C(C)C)(C(C)C)C(C)C)N(CCCC)C3=O. The number of unbranched alkanes of at least 4 members (excludes halogenated alkanes) is 2. The molecule has 4 nitrogen and oxygen atoms in total. The Balaban J connectivity index is 2.29. The Kier molecular flexibility index (Phi) is 13.4. The van der Waals surface area contributed by atoms with Gasteiger partial charge in [-0.3, -0.25) is 9.59 Å². The zero-order valence-electron chi connectivity index (χ0n) is 32.7. The van der Waals surface area contributed by atoms with Gasteiger partial charge in [0.05, 0.1) is 22.5 Å². The van der Waals surface area contributed by atoms with Crippen molar-refractivity contribution in [3.8, 4) is 22.9 Å². The number of hydrogen-bond acceptors (Lipinski definition) is 2. The number of fused-ring (bicyclic) bond motifs is 2. The molecule has 0 unspecified atom stereocenters. The highest BCUT2D eigenvalue weighted by Gasteiger charge is 2.43. The summed E-state index contributed by atoms with van der Waals surface area (Å²) < 4.78 is 0. The molecule has 2 heterocycles. The van der Waals surface area contributed by atoms with Crippen molar-refractivity contribution in [2.75, 3.05) is 13.1 Å². The Bertz CT molecular complexity index is 1380. The summed E-state index contributed by atoms with van der Waals surface area (Å²) in [5.74, 6) is 7.01. The molecule has 0 aliphatic carbocycles. The minimum Gasteiger partial charge on any atom is -0.307 e. The van der Waals surface area contributed by atoms with Crippen molar-refractivity contribution in [2.24, 2.45) is 0 Å². The van der Waals surface area contributed by atoms with Crippen LogP contribution in [0.15, 0.2) is 24.3 Å². The van der Waals surface area contributed by atoms with Gasteiger partial charge in [0.2, 0.25) is 0 Å². The molecule has 2 amide bonds. The number of nitrogens with zero attached hydrogens (tertiary/aromatic N) is 2. The lowest BCUT2D eigenvalue weighted by Crippen LogP contribution is -2.43. The van der Waals surface area contributed by atoms with Crippen LogP contribution >= 0.6 is 0 Å². The molecule has 0 radical (unpaired) electrons. The van der Waals surface area contributed by atoms with Crippen molar-refractivity contribution in [3.63, 3.8) is 0 Å². The van der Waals surface area contributed by atoms with E-state index in [-0.39, 0.29) is 11.8 Å². The van der Waals surface area contributed by atoms with Crippen LogP contribution in [-0.4, -0.2) is 50.9 Å². The molecule has 262 valence electrons. The molecular formula is C42H64N2O2Si2. The minimum absolute atomic E-state index is 0.0268. The van der Waals surface area contributed by atoms with Gasteiger partial charge < -0.3 is 9.80 Å². The molecule has 1 aromatic rings. The minimum atomic E-state index is -1.95. The highest BCUT2D eigenvalue weighted by Crippen LogP contribution is 2.44. The molecule has 0 aromatic heterocycles. The molecule has 0 saturated heterocycles. The zero-order valence-corrected chi connectivity index (χ0v) is 34.7. The van der Waals surface area contributed by atoms with Crippen molar-refractivity contribution >= 4 is 39.4 Å². The van der Waals surface area contributed by atoms with Crippen LogP contribution in [0.2, 0.25) is 33.2 Å². The first-order valence-corrected chi connectivity index (χ1v) is 23.3. The number of amides is 2. The van der Waals surface area contributed by atoms with E-state index in [4.69, 9.17) is 0 Å². The lowest BCUT2D eigenvalue weighted by atomic mass is 9.98. The summed E-state index contributed by atoms with van der Waals surface area (Å²) in [6.45, 7) is 33.5. The van der Waals surface area contributed by atoms with Crippen LogP contribution < -0.4 is 0 Å². The fraction of sp³-hybridized carbons (Fsp3) is 0.619. The van der Waals surface area contributed by atoms with Gasteiger partial charge in [-0.2, -0.15) is 0 Å². The van der Waals surface area contributed by atoms with E-state index in [9.17, 15) is 9.59 Å². The summed E-state index contributed by atoms with van der Waals surface area (Å²) in [6, 6.07) is 3.95. The van der Waals surface area contributed by atoms with Crippen LogP contribution in [0.3, 0.4) is 0 Å². The molecule has 0 spiro atoms. The molecule has 48 heavy (non-hydrogen) atoms. The third-order valence-corrected chi connectivity index (χ3v) is 24.1. The molecule has 0 N–H and O–H groups in total. The maximum Gasteiger partial charge on any atom is 0.259 e. The average molecular weight is 685 g/mol. The predicted octanol–water partition coefficient (Wildman–Crippen LogP) is 11.3. The molecule has 0 atom stereocenters. The third-order valence-electron chi connectivity index (χ3n) is 11.4. The number of benzene rings is 1. The summed E-state index contributed by atoms with van der Waals surface area (Å²) in [7, 11) is -3.90. The highest BCUT2D eigenvalue weighted by atomic mass is 28.3. The second-order valence-electron chi connectivity index (χ2n) is 16.0. The molecule has 2 aliphatic rings. The molecular weight excluding hydrogens is 621 g/mol. The Morgan fingerprint density at radius 2 is 0.833 bits per heavy atom. The third kappa shape index (κ3) is 7.22. The van der Waals surface area contributed by atoms with Gasteiger partial charge in [0.1, 0.15) is 16.1 Å². The Morgan fingerprint density at radius 3 is 1.10 bits per heavy atom. The lowest BCUT2D eigenvalue weighted by Gasteiger charge is -2.38. The standard InChI is InChI=1S/C42H64N2O2Si2/c1-15-17-23-43-39(21-19-25-47(29(3)4,30(5)6)31(7)8)35-27-36-38(28-37(35)41(43)45)42(46)44(24-18-16-2)40(36)22-20-26-48(32(9)10,33(11)12)34(13)14/h21-22,27-34H,15-18,23-24H2,1-14H3/b39-21-,40-22-. The van der Waals surface area contributed by atoms with Gasteiger partial charge in [0.25, 0.3) is 11.8 Å². The molecule has 0 saturated carbocycles. The number of carbonyl (C=O) groups excluding carboxylic acids is 2. The molecule has 1 aromatic carbocycles. The highest BCUT2D eigenvalue weighted by molar-refractivity contribution is 6.91. The van der Waals surface area contributed by atoms with E-state index in [2.05, 4.69) is 126 Å². The quantitative estimate of drug-likeness (QED) is 0.162. The van der Waals surface area contributed by atoms with Crippen molar-refractivity contribution in [3.05, 3.63) is 46.5 Å². The van der Waals surface area contributed by atoms with Crippen molar-refractivity contribution in [2.45, 2.75) is 156 Å². The molecule has 3 rings (SSSR count).